The van der Waals surface area contributed by atoms with E-state index in [4.69, 9.17) is 4.74 Å². The van der Waals surface area contributed by atoms with Crippen molar-refractivity contribution in [2.75, 3.05) is 6.73 Å². The summed E-state index contributed by atoms with van der Waals surface area (Å²) >= 11 is 0. The van der Waals surface area contributed by atoms with Crippen molar-refractivity contribution in [2.45, 2.75) is 114 Å². The van der Waals surface area contributed by atoms with Gasteiger partial charge in [0, 0.05) is 20.3 Å². The van der Waals surface area contributed by atoms with Crippen molar-refractivity contribution in [2.24, 2.45) is 0 Å². The second-order valence-corrected chi connectivity index (χ2v) is 6.47. The second kappa shape index (κ2) is 34.2. The zero-order valence-corrected chi connectivity index (χ0v) is 22.8. The van der Waals surface area contributed by atoms with Crippen LogP contribution in [0, 0.1) is 0 Å². The van der Waals surface area contributed by atoms with Gasteiger partial charge in [0.25, 0.3) is 0 Å². The molecule has 194 valence electrons. The molecule has 1 amide bonds. The van der Waals surface area contributed by atoms with Crippen LogP contribution in [-0.2, 0) is 30.5 Å². The van der Waals surface area contributed by atoms with E-state index < -0.39 is 5.97 Å². The lowest BCUT2D eigenvalue weighted by molar-refractivity contribution is -0.145. The highest BCUT2D eigenvalue weighted by Gasteiger charge is 2.02. The molecule has 1 N–H and O–H groups in total. The van der Waals surface area contributed by atoms with Crippen LogP contribution >= 0.6 is 0 Å². The lowest BCUT2D eigenvalue weighted by Crippen LogP contribution is -2.24. The maximum absolute atomic E-state index is 11.4. The average molecular weight is 470 g/mol. The normalized spacial score (nSPS) is 8.39. The molecule has 0 unspecified atom stereocenters. The van der Waals surface area contributed by atoms with Crippen LogP contribution in [0.3, 0.4) is 0 Å². The number of esters is 2. The molecule has 0 saturated carbocycles. The third-order valence-electron chi connectivity index (χ3n) is 3.57. The largest absolute Gasteiger partial charge is 0.461 e. The van der Waals surface area contributed by atoms with Gasteiger partial charge in [-0.15, -0.1) is 0 Å². The highest BCUT2D eigenvalue weighted by atomic mass is 16.5. The molecule has 0 bridgehead atoms. The molecule has 0 aromatic heterocycles. The predicted octanol–water partition coefficient (Wildman–Crippen LogP) is 7.20. The Hall–Kier alpha value is -2.37. The number of benzene rings is 1. The zero-order valence-electron chi connectivity index (χ0n) is 22.8. The van der Waals surface area contributed by atoms with Crippen molar-refractivity contribution in [3.63, 3.8) is 0 Å². The van der Waals surface area contributed by atoms with Crippen LogP contribution in [0.2, 0.25) is 0 Å². The van der Waals surface area contributed by atoms with Crippen LogP contribution in [0.1, 0.15) is 113 Å². The first-order valence-corrected chi connectivity index (χ1v) is 12.4. The molecule has 0 aliphatic heterocycles. The van der Waals surface area contributed by atoms with Gasteiger partial charge < -0.3 is 14.8 Å². The summed E-state index contributed by atoms with van der Waals surface area (Å²) in [6.45, 7) is 17.5. The molecule has 0 fully saturated rings. The van der Waals surface area contributed by atoms with Crippen LogP contribution in [0.4, 0.5) is 0 Å². The molecule has 0 atom stereocenters. The van der Waals surface area contributed by atoms with Crippen molar-refractivity contribution >= 4 is 17.8 Å². The molecule has 6 nitrogen and oxygen atoms in total. The first-order valence-electron chi connectivity index (χ1n) is 12.4. The first-order chi connectivity index (χ1) is 15.9. The molecule has 1 aromatic carbocycles. The van der Waals surface area contributed by atoms with E-state index in [1.807, 2.05) is 58.0 Å². The van der Waals surface area contributed by atoms with E-state index >= 15 is 0 Å². The van der Waals surface area contributed by atoms with Crippen molar-refractivity contribution in [3.8, 4) is 0 Å². The van der Waals surface area contributed by atoms with Crippen LogP contribution < -0.4 is 5.32 Å². The Bertz CT molecular complexity index is 517. The van der Waals surface area contributed by atoms with Crippen LogP contribution in [-0.4, -0.2) is 24.6 Å². The summed E-state index contributed by atoms with van der Waals surface area (Å²) in [6, 6.07) is 9.78. The number of carbonyl (C=O) groups is 3. The highest BCUT2D eigenvalue weighted by Crippen LogP contribution is 2.06. The molecule has 0 spiro atoms. The van der Waals surface area contributed by atoms with E-state index in [0.29, 0.717) is 13.0 Å². The Morgan fingerprint density at radius 1 is 0.758 bits per heavy atom. The monoisotopic (exact) mass is 469 g/mol. The summed E-state index contributed by atoms with van der Waals surface area (Å²) in [5.74, 6) is -0.694. The molecule has 1 rings (SSSR count). The fourth-order valence-electron chi connectivity index (χ4n) is 1.75. The maximum atomic E-state index is 11.4. The third-order valence-corrected chi connectivity index (χ3v) is 3.57. The quantitative estimate of drug-likeness (QED) is 0.222. The minimum Gasteiger partial charge on any atom is -0.461 e. The topological polar surface area (TPSA) is 81.7 Å². The molecule has 0 radical (unpaired) electrons. The number of unbranched alkanes of at least 4 members (excludes halogenated alkanes) is 4. The van der Waals surface area contributed by atoms with Gasteiger partial charge in [0.15, 0.2) is 6.73 Å². The number of hydrogen-bond donors (Lipinski definition) is 1. The van der Waals surface area contributed by atoms with E-state index in [-0.39, 0.29) is 18.6 Å². The number of ether oxygens (including phenoxy) is 2. The SMILES string of the molecule is CC.CC.CC(=O)NCOC(C)=O.CCCC.CCCCCCC(=O)OCc1ccccc1. The Kier molecular flexibility index (Phi) is 39.4. The summed E-state index contributed by atoms with van der Waals surface area (Å²) < 4.78 is 9.55. The number of carbonyl (C=O) groups excluding carboxylic acids is 3. The lowest BCUT2D eigenvalue weighted by atomic mass is 10.1. The Morgan fingerprint density at radius 2 is 1.30 bits per heavy atom. The standard InChI is InChI=1S/C14H20O2.C5H9NO3.C4H10.2C2H6/c1-2-3-4-8-11-14(15)16-12-13-9-6-5-7-10-13;1-4(7)6-3-9-5(2)8;1-3-4-2;2*1-2/h5-7,9-10H,2-4,8,11-12H2,1H3;3H2,1-2H3,(H,6,7);3-4H2,1-2H3;2*1-2H3. The molecule has 0 heterocycles. The number of rotatable bonds is 10. The Balaban J connectivity index is -0.000000209. The van der Waals surface area contributed by atoms with Gasteiger partial charge in [0.2, 0.25) is 5.91 Å². The van der Waals surface area contributed by atoms with E-state index in [9.17, 15) is 14.4 Å². The fourth-order valence-corrected chi connectivity index (χ4v) is 1.75. The molecule has 0 aliphatic rings. The summed E-state index contributed by atoms with van der Waals surface area (Å²) in [4.78, 5) is 31.5. The minimum absolute atomic E-state index is 0.0370. The van der Waals surface area contributed by atoms with Crippen molar-refractivity contribution in [1.29, 1.82) is 0 Å². The highest BCUT2D eigenvalue weighted by molar-refractivity contribution is 5.73. The van der Waals surface area contributed by atoms with Crippen molar-refractivity contribution in [1.82, 2.24) is 5.32 Å². The minimum atomic E-state index is -0.399. The van der Waals surface area contributed by atoms with Gasteiger partial charge in [-0.3, -0.25) is 14.4 Å². The predicted molar refractivity (Wildman–Crippen MR) is 139 cm³/mol. The fraction of sp³-hybridized carbons (Fsp3) is 0.667. The summed E-state index contributed by atoms with van der Waals surface area (Å²) in [5.41, 5.74) is 1.05. The van der Waals surface area contributed by atoms with Gasteiger partial charge in [0.05, 0.1) is 0 Å². The van der Waals surface area contributed by atoms with Crippen LogP contribution in [0.15, 0.2) is 30.3 Å². The number of nitrogens with one attached hydrogen (secondary N) is 1. The van der Waals surface area contributed by atoms with E-state index in [1.54, 1.807) is 0 Å². The number of hydrogen-bond acceptors (Lipinski definition) is 5. The summed E-state index contributed by atoms with van der Waals surface area (Å²) in [7, 11) is 0. The maximum Gasteiger partial charge on any atom is 0.306 e. The lowest BCUT2D eigenvalue weighted by Gasteiger charge is -2.04. The molecule has 6 heteroatoms. The van der Waals surface area contributed by atoms with Gasteiger partial charge in [-0.05, 0) is 12.0 Å². The van der Waals surface area contributed by atoms with Crippen LogP contribution in [0.25, 0.3) is 0 Å². The van der Waals surface area contributed by atoms with Gasteiger partial charge >= 0.3 is 11.9 Å². The molecule has 33 heavy (non-hydrogen) atoms. The van der Waals surface area contributed by atoms with Crippen molar-refractivity contribution < 1.29 is 23.9 Å². The molecular formula is C27H51NO5. The molecule has 0 saturated heterocycles. The molecule has 0 aliphatic carbocycles. The van der Waals surface area contributed by atoms with Gasteiger partial charge in [-0.1, -0.05) is 111 Å². The third kappa shape index (κ3) is 40.5. The first kappa shape index (κ1) is 37.9. The zero-order chi connectivity index (χ0) is 26.3. The van der Waals surface area contributed by atoms with Gasteiger partial charge in [-0.25, -0.2) is 0 Å². The number of amides is 1. The van der Waals surface area contributed by atoms with Crippen molar-refractivity contribution in [3.05, 3.63) is 35.9 Å². The van der Waals surface area contributed by atoms with Crippen LogP contribution in [0.5, 0.6) is 0 Å². The summed E-state index contributed by atoms with van der Waals surface area (Å²) in [5, 5.41) is 2.29. The molecular weight excluding hydrogens is 418 g/mol. The summed E-state index contributed by atoms with van der Waals surface area (Å²) in [6.07, 6.45) is 7.65. The van der Waals surface area contributed by atoms with E-state index in [0.717, 1.165) is 18.4 Å². The van der Waals surface area contributed by atoms with E-state index in [1.165, 1.54) is 39.5 Å². The van der Waals surface area contributed by atoms with E-state index in [2.05, 4.69) is 30.8 Å². The Morgan fingerprint density at radius 3 is 1.73 bits per heavy atom. The Labute approximate surface area is 203 Å². The second-order valence-electron chi connectivity index (χ2n) is 6.47. The average Bonchev–Trinajstić information content (AvgIpc) is 2.84. The smallest absolute Gasteiger partial charge is 0.306 e. The van der Waals surface area contributed by atoms with Gasteiger partial charge in [-0.2, -0.15) is 0 Å². The van der Waals surface area contributed by atoms with Gasteiger partial charge in [0.1, 0.15) is 6.61 Å². The molecule has 1 aromatic rings.